The molecular weight excluding hydrogens is 292 g/mol. The highest BCUT2D eigenvalue weighted by Gasteiger charge is 2.07. The first-order valence-electron chi connectivity index (χ1n) is 5.61. The van der Waals surface area contributed by atoms with Crippen molar-refractivity contribution in [1.29, 1.82) is 0 Å². The van der Waals surface area contributed by atoms with Gasteiger partial charge in [-0.05, 0) is 42.8 Å². The van der Waals surface area contributed by atoms with E-state index in [9.17, 15) is 0 Å². The van der Waals surface area contributed by atoms with Crippen molar-refractivity contribution in [3.05, 3.63) is 52.5 Å². The van der Waals surface area contributed by atoms with E-state index in [1.165, 1.54) is 0 Å². The van der Waals surface area contributed by atoms with Gasteiger partial charge in [0.05, 0.1) is 0 Å². The molecule has 0 aliphatic rings. The highest BCUT2D eigenvalue weighted by molar-refractivity contribution is 9.10. The molecule has 0 radical (unpaired) electrons. The molecule has 2 aromatic carbocycles. The number of benzene rings is 2. The number of oxazole rings is 1. The summed E-state index contributed by atoms with van der Waals surface area (Å²) in [5.74, 6) is 0. The maximum absolute atomic E-state index is 5.70. The minimum absolute atomic E-state index is 0.515. The molecule has 0 amide bonds. The Morgan fingerprint density at radius 3 is 2.61 bits per heavy atom. The van der Waals surface area contributed by atoms with Gasteiger partial charge in [0, 0.05) is 10.2 Å². The van der Waals surface area contributed by atoms with Crippen molar-refractivity contribution in [2.75, 3.05) is 5.32 Å². The Balaban J connectivity index is 1.95. The van der Waals surface area contributed by atoms with E-state index in [2.05, 4.69) is 26.2 Å². The van der Waals surface area contributed by atoms with Crippen LogP contribution in [0.1, 0.15) is 5.56 Å². The first-order chi connectivity index (χ1) is 8.72. The molecule has 3 nitrogen and oxygen atoms in total. The molecule has 0 fully saturated rings. The molecule has 90 valence electrons. The van der Waals surface area contributed by atoms with Crippen LogP contribution in [0, 0.1) is 6.92 Å². The maximum atomic E-state index is 5.70. The minimum atomic E-state index is 0.515. The van der Waals surface area contributed by atoms with Crippen LogP contribution in [0.4, 0.5) is 11.7 Å². The Morgan fingerprint density at radius 2 is 1.89 bits per heavy atom. The van der Waals surface area contributed by atoms with E-state index in [1.807, 2.05) is 49.4 Å². The lowest BCUT2D eigenvalue weighted by Gasteiger charge is -2.00. The fraction of sp³-hybridized carbons (Fsp3) is 0.0714. The van der Waals surface area contributed by atoms with Gasteiger partial charge in [-0.3, -0.25) is 0 Å². The van der Waals surface area contributed by atoms with E-state index in [1.54, 1.807) is 0 Å². The second-order valence-electron chi connectivity index (χ2n) is 4.07. The van der Waals surface area contributed by atoms with Crippen LogP contribution in [-0.4, -0.2) is 4.98 Å². The van der Waals surface area contributed by atoms with E-state index in [4.69, 9.17) is 4.42 Å². The summed E-state index contributed by atoms with van der Waals surface area (Å²) in [6.07, 6.45) is 0. The molecule has 0 saturated carbocycles. The number of nitrogens with one attached hydrogen (secondary N) is 1. The van der Waals surface area contributed by atoms with E-state index in [0.717, 1.165) is 26.8 Å². The number of hydrogen-bond acceptors (Lipinski definition) is 3. The van der Waals surface area contributed by atoms with Crippen LogP contribution in [0.15, 0.2) is 51.4 Å². The lowest BCUT2D eigenvalue weighted by molar-refractivity contribution is 0.620. The summed E-state index contributed by atoms with van der Waals surface area (Å²) in [5.41, 5.74) is 3.73. The molecule has 0 bridgehead atoms. The molecule has 1 N–H and O–H groups in total. The molecule has 0 spiro atoms. The Kier molecular flexibility index (Phi) is 2.80. The quantitative estimate of drug-likeness (QED) is 0.749. The summed E-state index contributed by atoms with van der Waals surface area (Å²) in [7, 11) is 0. The molecule has 18 heavy (non-hydrogen) atoms. The second-order valence-corrected chi connectivity index (χ2v) is 4.99. The van der Waals surface area contributed by atoms with Crippen molar-refractivity contribution in [3.8, 4) is 0 Å². The number of rotatable bonds is 2. The van der Waals surface area contributed by atoms with Gasteiger partial charge in [-0.25, -0.2) is 0 Å². The number of aryl methyl sites for hydroxylation is 1. The molecule has 1 heterocycles. The van der Waals surface area contributed by atoms with Gasteiger partial charge in [0.25, 0.3) is 6.01 Å². The van der Waals surface area contributed by atoms with Gasteiger partial charge in [0.1, 0.15) is 5.52 Å². The van der Waals surface area contributed by atoms with Gasteiger partial charge in [0.2, 0.25) is 0 Å². The first kappa shape index (κ1) is 11.3. The molecule has 3 aromatic rings. The summed E-state index contributed by atoms with van der Waals surface area (Å²) in [4.78, 5) is 4.40. The SMILES string of the molecule is Cc1cccc2nc(Nc3ccc(Br)cc3)oc12. The average Bonchev–Trinajstić information content (AvgIpc) is 2.76. The highest BCUT2D eigenvalue weighted by Crippen LogP contribution is 2.24. The number of anilines is 2. The number of para-hydroxylation sites is 1. The fourth-order valence-corrected chi connectivity index (χ4v) is 2.06. The average molecular weight is 303 g/mol. The van der Waals surface area contributed by atoms with Crippen molar-refractivity contribution in [3.63, 3.8) is 0 Å². The Labute approximate surface area is 113 Å². The predicted octanol–water partition coefficient (Wildman–Crippen LogP) is 4.64. The van der Waals surface area contributed by atoms with Crippen LogP contribution in [0.5, 0.6) is 0 Å². The van der Waals surface area contributed by atoms with E-state index >= 15 is 0 Å². The van der Waals surface area contributed by atoms with Crippen LogP contribution in [0.25, 0.3) is 11.1 Å². The molecular formula is C14H11BrN2O. The lowest BCUT2D eigenvalue weighted by Crippen LogP contribution is -1.88. The number of halogens is 1. The third kappa shape index (κ3) is 2.11. The molecule has 4 heteroatoms. The molecule has 0 aliphatic carbocycles. The zero-order valence-corrected chi connectivity index (χ0v) is 11.4. The van der Waals surface area contributed by atoms with E-state index in [0.29, 0.717) is 6.01 Å². The maximum Gasteiger partial charge on any atom is 0.300 e. The standard InChI is InChI=1S/C14H11BrN2O/c1-9-3-2-4-12-13(9)18-14(17-12)16-11-7-5-10(15)6-8-11/h2-8H,1H3,(H,16,17). The van der Waals surface area contributed by atoms with E-state index in [-0.39, 0.29) is 0 Å². The van der Waals surface area contributed by atoms with Crippen molar-refractivity contribution >= 4 is 38.7 Å². The molecule has 0 atom stereocenters. The number of fused-ring (bicyclic) bond motifs is 1. The summed E-state index contributed by atoms with van der Waals surface area (Å²) >= 11 is 3.40. The van der Waals surface area contributed by atoms with Gasteiger partial charge in [-0.2, -0.15) is 4.98 Å². The number of hydrogen-bond donors (Lipinski definition) is 1. The monoisotopic (exact) mass is 302 g/mol. The van der Waals surface area contributed by atoms with Gasteiger partial charge < -0.3 is 9.73 Å². The number of aromatic nitrogens is 1. The molecule has 1 aromatic heterocycles. The van der Waals surface area contributed by atoms with Gasteiger partial charge in [-0.15, -0.1) is 0 Å². The second kappa shape index (κ2) is 4.46. The third-order valence-electron chi connectivity index (χ3n) is 2.71. The van der Waals surface area contributed by atoms with Crippen LogP contribution < -0.4 is 5.32 Å². The van der Waals surface area contributed by atoms with Crippen LogP contribution in [0.3, 0.4) is 0 Å². The van der Waals surface area contributed by atoms with Crippen molar-refractivity contribution in [2.45, 2.75) is 6.92 Å². The largest absolute Gasteiger partial charge is 0.423 e. The summed E-state index contributed by atoms with van der Waals surface area (Å²) < 4.78 is 6.74. The zero-order valence-electron chi connectivity index (χ0n) is 9.77. The highest BCUT2D eigenvalue weighted by atomic mass is 79.9. The first-order valence-corrected chi connectivity index (χ1v) is 6.40. The van der Waals surface area contributed by atoms with Crippen LogP contribution >= 0.6 is 15.9 Å². The molecule has 0 unspecified atom stereocenters. The molecule has 0 aliphatic heterocycles. The topological polar surface area (TPSA) is 38.1 Å². The molecule has 3 rings (SSSR count). The normalized spacial score (nSPS) is 10.8. The Hall–Kier alpha value is -1.81. The predicted molar refractivity (Wildman–Crippen MR) is 76.2 cm³/mol. The Morgan fingerprint density at radius 1 is 1.11 bits per heavy atom. The summed E-state index contributed by atoms with van der Waals surface area (Å²) in [6.45, 7) is 2.01. The molecule has 0 saturated heterocycles. The summed E-state index contributed by atoms with van der Waals surface area (Å²) in [6, 6.07) is 14.3. The van der Waals surface area contributed by atoms with Crippen LogP contribution in [-0.2, 0) is 0 Å². The third-order valence-corrected chi connectivity index (χ3v) is 3.24. The van der Waals surface area contributed by atoms with E-state index < -0.39 is 0 Å². The zero-order chi connectivity index (χ0) is 12.5. The fourth-order valence-electron chi connectivity index (χ4n) is 1.80. The van der Waals surface area contributed by atoms with Crippen molar-refractivity contribution in [2.24, 2.45) is 0 Å². The van der Waals surface area contributed by atoms with Crippen molar-refractivity contribution in [1.82, 2.24) is 4.98 Å². The summed E-state index contributed by atoms with van der Waals surface area (Å²) in [5, 5.41) is 3.15. The van der Waals surface area contributed by atoms with Gasteiger partial charge in [0.15, 0.2) is 5.58 Å². The lowest BCUT2D eigenvalue weighted by atomic mass is 10.2. The minimum Gasteiger partial charge on any atom is -0.423 e. The van der Waals surface area contributed by atoms with Crippen molar-refractivity contribution < 1.29 is 4.42 Å². The Bertz CT molecular complexity index is 689. The van der Waals surface area contributed by atoms with Crippen LogP contribution in [0.2, 0.25) is 0 Å². The smallest absolute Gasteiger partial charge is 0.300 e. The van der Waals surface area contributed by atoms with Gasteiger partial charge >= 0.3 is 0 Å². The van der Waals surface area contributed by atoms with Gasteiger partial charge in [-0.1, -0.05) is 28.1 Å². The number of nitrogens with zero attached hydrogens (tertiary/aromatic N) is 1.